The van der Waals surface area contributed by atoms with Crippen molar-refractivity contribution in [3.05, 3.63) is 35.4 Å². The predicted octanol–water partition coefficient (Wildman–Crippen LogP) is 1.98. The van der Waals surface area contributed by atoms with Crippen LogP contribution in [0.1, 0.15) is 23.7 Å². The van der Waals surface area contributed by atoms with E-state index in [4.69, 9.17) is 9.47 Å². The number of rotatable bonds is 3. The van der Waals surface area contributed by atoms with Crippen LogP contribution in [0.25, 0.3) is 0 Å². The first-order valence-corrected chi connectivity index (χ1v) is 8.31. The van der Waals surface area contributed by atoms with Gasteiger partial charge in [-0.25, -0.2) is 0 Å². The number of amides is 1. The van der Waals surface area contributed by atoms with Crippen LogP contribution in [0.5, 0.6) is 0 Å². The van der Waals surface area contributed by atoms with Gasteiger partial charge in [0.05, 0.1) is 31.9 Å². The lowest BCUT2D eigenvalue weighted by molar-refractivity contribution is -0.141. The molecule has 0 saturated carbocycles. The van der Waals surface area contributed by atoms with Gasteiger partial charge in [0.1, 0.15) is 6.10 Å². The first-order valence-electron chi connectivity index (χ1n) is 8.31. The summed E-state index contributed by atoms with van der Waals surface area (Å²) in [5.41, 5.74) is -0.271. The van der Waals surface area contributed by atoms with Gasteiger partial charge in [-0.05, 0) is 17.7 Å². The number of carbonyl (C=O) groups is 1. The van der Waals surface area contributed by atoms with Crippen molar-refractivity contribution in [1.29, 1.82) is 0 Å². The third kappa shape index (κ3) is 4.71. The minimum Gasteiger partial charge on any atom is -0.378 e. The molecule has 5 nitrogen and oxygen atoms in total. The molecule has 2 unspecified atom stereocenters. The highest BCUT2D eigenvalue weighted by Gasteiger charge is 2.32. The molecule has 1 aromatic rings. The summed E-state index contributed by atoms with van der Waals surface area (Å²) in [4.78, 5) is 14.1. The average Bonchev–Trinajstić information content (AvgIpc) is 2.62. The Morgan fingerprint density at radius 1 is 1.32 bits per heavy atom. The molecule has 0 bridgehead atoms. The number of hydrogen-bond donors (Lipinski definition) is 1. The van der Waals surface area contributed by atoms with Crippen LogP contribution in [0.4, 0.5) is 13.2 Å². The van der Waals surface area contributed by atoms with E-state index in [1.807, 2.05) is 0 Å². The quantitative estimate of drug-likeness (QED) is 0.898. The molecule has 2 aliphatic rings. The second kappa shape index (κ2) is 7.72. The molecule has 2 heterocycles. The summed E-state index contributed by atoms with van der Waals surface area (Å²) in [6.07, 6.45) is -4.63. The van der Waals surface area contributed by atoms with Crippen LogP contribution in [0, 0.1) is 0 Å². The molecule has 3 rings (SSSR count). The Bertz CT molecular complexity index is 603. The number of morpholine rings is 2. The lowest BCUT2D eigenvalue weighted by Gasteiger charge is -2.34. The Morgan fingerprint density at radius 2 is 2.16 bits per heavy atom. The number of nitrogens with zero attached hydrogens (tertiary/aromatic N) is 1. The van der Waals surface area contributed by atoms with E-state index in [9.17, 15) is 18.0 Å². The van der Waals surface area contributed by atoms with Gasteiger partial charge < -0.3 is 19.7 Å². The molecule has 2 atom stereocenters. The molecule has 1 N–H and O–H groups in total. The second-order valence-electron chi connectivity index (χ2n) is 6.25. The second-order valence-corrected chi connectivity index (χ2v) is 6.25. The smallest absolute Gasteiger partial charge is 0.378 e. The minimum absolute atomic E-state index is 0.0175. The highest BCUT2D eigenvalue weighted by molar-refractivity contribution is 5.77. The molecule has 8 heteroatoms. The molecule has 2 saturated heterocycles. The highest BCUT2D eigenvalue weighted by atomic mass is 19.4. The van der Waals surface area contributed by atoms with E-state index in [-0.39, 0.29) is 18.5 Å². The van der Waals surface area contributed by atoms with Crippen molar-refractivity contribution < 1.29 is 27.4 Å². The summed E-state index contributed by atoms with van der Waals surface area (Å²) in [5, 5.41) is 3.23. The summed E-state index contributed by atoms with van der Waals surface area (Å²) in [5.74, 6) is -0.0386. The third-order valence-corrected chi connectivity index (χ3v) is 4.42. The van der Waals surface area contributed by atoms with Gasteiger partial charge in [0.15, 0.2) is 0 Å². The van der Waals surface area contributed by atoms with Crippen LogP contribution < -0.4 is 5.32 Å². The Balaban J connectivity index is 1.63. The SMILES string of the molecule is O=C(CC1COCCN1)N1CCOC(c2cccc(C(F)(F)F)c2)C1. The Labute approximate surface area is 144 Å². The van der Waals surface area contributed by atoms with Crippen LogP contribution in [-0.2, 0) is 20.4 Å². The largest absolute Gasteiger partial charge is 0.416 e. The number of carbonyl (C=O) groups excluding carboxylic acids is 1. The fourth-order valence-electron chi connectivity index (χ4n) is 3.08. The van der Waals surface area contributed by atoms with E-state index in [0.29, 0.717) is 44.9 Å². The summed E-state index contributed by atoms with van der Waals surface area (Å²) >= 11 is 0. The van der Waals surface area contributed by atoms with Crippen molar-refractivity contribution in [2.24, 2.45) is 0 Å². The maximum atomic E-state index is 12.9. The Hall–Kier alpha value is -1.64. The van der Waals surface area contributed by atoms with E-state index in [2.05, 4.69) is 5.32 Å². The highest BCUT2D eigenvalue weighted by Crippen LogP contribution is 2.32. The number of alkyl halides is 3. The molecule has 0 aliphatic carbocycles. The van der Waals surface area contributed by atoms with Crippen molar-refractivity contribution in [2.45, 2.75) is 24.7 Å². The van der Waals surface area contributed by atoms with Gasteiger partial charge in [0, 0.05) is 25.6 Å². The third-order valence-electron chi connectivity index (χ3n) is 4.42. The van der Waals surface area contributed by atoms with Gasteiger partial charge in [0.2, 0.25) is 5.91 Å². The lowest BCUT2D eigenvalue weighted by atomic mass is 10.0. The number of benzene rings is 1. The van der Waals surface area contributed by atoms with E-state index < -0.39 is 17.8 Å². The fourth-order valence-corrected chi connectivity index (χ4v) is 3.08. The zero-order valence-corrected chi connectivity index (χ0v) is 13.7. The maximum absolute atomic E-state index is 12.9. The number of ether oxygens (including phenoxy) is 2. The van der Waals surface area contributed by atoms with E-state index in [0.717, 1.165) is 12.1 Å². The van der Waals surface area contributed by atoms with Crippen molar-refractivity contribution in [1.82, 2.24) is 10.2 Å². The van der Waals surface area contributed by atoms with Crippen LogP contribution >= 0.6 is 0 Å². The van der Waals surface area contributed by atoms with Crippen molar-refractivity contribution in [2.75, 3.05) is 39.5 Å². The van der Waals surface area contributed by atoms with Gasteiger partial charge in [-0.2, -0.15) is 13.2 Å². The van der Waals surface area contributed by atoms with Gasteiger partial charge in [0.25, 0.3) is 0 Å². The van der Waals surface area contributed by atoms with E-state index in [1.54, 1.807) is 11.0 Å². The van der Waals surface area contributed by atoms with Crippen LogP contribution in [-0.4, -0.2) is 56.3 Å². The van der Waals surface area contributed by atoms with Gasteiger partial charge in [-0.3, -0.25) is 4.79 Å². The van der Waals surface area contributed by atoms with Crippen molar-refractivity contribution in [3.63, 3.8) is 0 Å². The zero-order valence-electron chi connectivity index (χ0n) is 13.7. The molecule has 1 aromatic carbocycles. The first-order chi connectivity index (χ1) is 11.9. The van der Waals surface area contributed by atoms with Crippen molar-refractivity contribution in [3.8, 4) is 0 Å². The Morgan fingerprint density at radius 3 is 2.88 bits per heavy atom. The topological polar surface area (TPSA) is 50.8 Å². The first kappa shape index (κ1) is 18.2. The molecular formula is C17H21F3N2O3. The molecule has 25 heavy (non-hydrogen) atoms. The predicted molar refractivity (Wildman–Crippen MR) is 83.9 cm³/mol. The van der Waals surface area contributed by atoms with Crippen LogP contribution in [0.2, 0.25) is 0 Å². The normalized spacial score (nSPS) is 25.0. The fraction of sp³-hybridized carbons (Fsp3) is 0.588. The van der Waals surface area contributed by atoms with E-state index >= 15 is 0 Å². The molecule has 138 valence electrons. The standard InChI is InChI=1S/C17H21F3N2O3/c18-17(19,20)13-3-1-2-12(8-13)15-10-22(5-7-25-15)16(23)9-14-11-24-6-4-21-14/h1-3,8,14-15,21H,4-7,9-11H2. The lowest BCUT2D eigenvalue weighted by Crippen LogP contribution is -2.48. The zero-order chi connectivity index (χ0) is 17.9. The molecule has 2 aliphatic heterocycles. The molecule has 0 radical (unpaired) electrons. The maximum Gasteiger partial charge on any atom is 0.416 e. The molecule has 0 aromatic heterocycles. The molecule has 1 amide bonds. The van der Waals surface area contributed by atoms with Gasteiger partial charge >= 0.3 is 6.18 Å². The molecular weight excluding hydrogens is 337 g/mol. The molecule has 0 spiro atoms. The minimum atomic E-state index is -4.40. The monoisotopic (exact) mass is 358 g/mol. The van der Waals surface area contributed by atoms with Crippen LogP contribution in [0.15, 0.2) is 24.3 Å². The average molecular weight is 358 g/mol. The van der Waals surface area contributed by atoms with Crippen LogP contribution in [0.3, 0.4) is 0 Å². The number of nitrogens with one attached hydrogen (secondary N) is 1. The summed E-state index contributed by atoms with van der Waals surface area (Å²) in [6, 6.07) is 5.07. The summed E-state index contributed by atoms with van der Waals surface area (Å²) < 4.78 is 49.6. The summed E-state index contributed by atoms with van der Waals surface area (Å²) in [6.45, 7) is 2.86. The van der Waals surface area contributed by atoms with Gasteiger partial charge in [-0.15, -0.1) is 0 Å². The van der Waals surface area contributed by atoms with Gasteiger partial charge in [-0.1, -0.05) is 12.1 Å². The molecule has 2 fully saturated rings. The Kier molecular flexibility index (Phi) is 5.61. The van der Waals surface area contributed by atoms with E-state index in [1.165, 1.54) is 6.07 Å². The summed E-state index contributed by atoms with van der Waals surface area (Å²) in [7, 11) is 0. The van der Waals surface area contributed by atoms with Crippen molar-refractivity contribution >= 4 is 5.91 Å². The number of hydrogen-bond acceptors (Lipinski definition) is 4. The number of halogens is 3.